The van der Waals surface area contributed by atoms with Crippen molar-refractivity contribution in [2.45, 2.75) is 58.8 Å². The first-order chi connectivity index (χ1) is 15.6. The third-order valence-electron chi connectivity index (χ3n) is 6.16. The van der Waals surface area contributed by atoms with Crippen molar-refractivity contribution < 1.29 is 0 Å². The van der Waals surface area contributed by atoms with Gasteiger partial charge < -0.3 is 5.01 Å². The average Bonchev–Trinajstić information content (AvgIpc) is 2.84. The van der Waals surface area contributed by atoms with E-state index in [9.17, 15) is 0 Å². The zero-order chi connectivity index (χ0) is 22.8. The van der Waals surface area contributed by atoms with E-state index < -0.39 is 0 Å². The second kappa shape index (κ2) is 12.3. The van der Waals surface area contributed by atoms with E-state index in [0.717, 1.165) is 42.6 Å². The summed E-state index contributed by atoms with van der Waals surface area (Å²) >= 11 is 0. The highest BCUT2D eigenvalue weighted by atomic mass is 15.4. The van der Waals surface area contributed by atoms with Crippen LogP contribution in [-0.4, -0.2) is 6.54 Å². The van der Waals surface area contributed by atoms with Crippen molar-refractivity contribution in [1.82, 2.24) is 0 Å². The van der Waals surface area contributed by atoms with Gasteiger partial charge in [-0.05, 0) is 72.2 Å². The molecule has 2 nitrogen and oxygen atoms in total. The van der Waals surface area contributed by atoms with Crippen LogP contribution in [0.25, 0.3) is 22.4 Å². The Morgan fingerprint density at radius 1 is 0.969 bits per heavy atom. The molecule has 168 valence electrons. The van der Waals surface area contributed by atoms with Gasteiger partial charge in [-0.3, -0.25) is 0 Å². The predicted molar refractivity (Wildman–Crippen MR) is 143 cm³/mol. The number of unbranched alkanes of at least 4 members (excludes halogenated alkanes) is 4. The Bertz CT molecular complexity index is 1040. The lowest BCUT2D eigenvalue weighted by atomic mass is 9.94. The summed E-state index contributed by atoms with van der Waals surface area (Å²) in [5.41, 5.74) is 5.93. The minimum Gasteiger partial charge on any atom is -0.311 e. The minimum absolute atomic E-state index is 0.760. The molecule has 0 aromatic heterocycles. The Morgan fingerprint density at radius 3 is 2.59 bits per heavy atom. The van der Waals surface area contributed by atoms with Crippen LogP contribution in [0.2, 0.25) is 0 Å². The molecular weight excluding hydrogens is 388 g/mol. The molecule has 2 heteroatoms. The van der Waals surface area contributed by atoms with Gasteiger partial charge in [-0.1, -0.05) is 93.4 Å². The summed E-state index contributed by atoms with van der Waals surface area (Å²) in [5.74, 6) is 6.31. The predicted octanol–water partition coefficient (Wildman–Crippen LogP) is 8.17. The van der Waals surface area contributed by atoms with E-state index in [2.05, 4.69) is 93.2 Å². The number of benzene rings is 3. The summed E-state index contributed by atoms with van der Waals surface area (Å²) in [5, 5.41) is 4.44. The van der Waals surface area contributed by atoms with Gasteiger partial charge in [0.25, 0.3) is 0 Å². The van der Waals surface area contributed by atoms with E-state index in [4.69, 9.17) is 5.84 Å². The fourth-order valence-electron chi connectivity index (χ4n) is 4.20. The van der Waals surface area contributed by atoms with E-state index in [1.165, 1.54) is 47.6 Å². The van der Waals surface area contributed by atoms with E-state index in [1.54, 1.807) is 0 Å². The average molecular weight is 427 g/mol. The molecule has 32 heavy (non-hydrogen) atoms. The third kappa shape index (κ3) is 6.34. The monoisotopic (exact) mass is 426 g/mol. The Balaban J connectivity index is 1.75. The van der Waals surface area contributed by atoms with Crippen LogP contribution in [0.5, 0.6) is 0 Å². The quantitative estimate of drug-likeness (QED) is 0.180. The highest BCUT2D eigenvalue weighted by molar-refractivity contribution is 5.86. The lowest BCUT2D eigenvalue weighted by molar-refractivity contribution is 0.675. The summed E-state index contributed by atoms with van der Waals surface area (Å²) in [6.07, 6.45) is 12.7. The molecule has 0 aliphatic rings. The van der Waals surface area contributed by atoms with Crippen LogP contribution >= 0.6 is 0 Å². The normalized spacial score (nSPS) is 11.3. The number of anilines is 1. The van der Waals surface area contributed by atoms with Gasteiger partial charge in [0.15, 0.2) is 0 Å². The van der Waals surface area contributed by atoms with Gasteiger partial charge in [-0.15, -0.1) is 0 Å². The molecule has 0 amide bonds. The van der Waals surface area contributed by atoms with E-state index >= 15 is 0 Å². The number of fused-ring (bicyclic) bond motifs is 1. The van der Waals surface area contributed by atoms with Gasteiger partial charge in [0.05, 0.1) is 5.69 Å². The molecule has 0 fully saturated rings. The van der Waals surface area contributed by atoms with E-state index in [-0.39, 0.29) is 0 Å². The molecule has 0 saturated heterocycles. The van der Waals surface area contributed by atoms with Crippen molar-refractivity contribution in [2.24, 2.45) is 5.84 Å². The van der Waals surface area contributed by atoms with Crippen LogP contribution in [0.4, 0.5) is 5.69 Å². The maximum Gasteiger partial charge on any atom is 0.0592 e. The number of nitrogens with zero attached hydrogens (tertiary/aromatic N) is 1. The van der Waals surface area contributed by atoms with Gasteiger partial charge in [-0.2, -0.15) is 0 Å². The number of hydrogen-bond donors (Lipinski definition) is 1. The van der Waals surface area contributed by atoms with Crippen molar-refractivity contribution in [3.8, 4) is 0 Å². The molecule has 0 unspecified atom stereocenters. The van der Waals surface area contributed by atoms with Gasteiger partial charge in [-0.25, -0.2) is 5.84 Å². The second-order valence-electron chi connectivity index (χ2n) is 8.56. The molecule has 0 heterocycles. The standard InChI is InChI=1S/C30H38N2/c1-4-6-7-8-9-10-14-25-20-22-30(32(31)5-2)29(23-25)24(3)19-21-27-17-13-16-26-15-11-12-18-28(26)27/h10-18,20,22-23H,3-9,19,21,31H2,1-2H3/b14-10-. The molecule has 0 spiro atoms. The Hall–Kier alpha value is -2.84. The molecule has 3 aromatic carbocycles. The first-order valence-corrected chi connectivity index (χ1v) is 12.1. The van der Waals surface area contributed by atoms with Crippen LogP contribution in [-0.2, 0) is 6.42 Å². The smallest absolute Gasteiger partial charge is 0.0592 e. The van der Waals surface area contributed by atoms with Gasteiger partial charge in [0.2, 0.25) is 0 Å². The molecule has 0 saturated carbocycles. The fourth-order valence-corrected chi connectivity index (χ4v) is 4.20. The van der Waals surface area contributed by atoms with Gasteiger partial charge >= 0.3 is 0 Å². The summed E-state index contributed by atoms with van der Waals surface area (Å²) < 4.78 is 0. The fraction of sp³-hybridized carbons (Fsp3) is 0.333. The molecule has 0 aliphatic heterocycles. The Morgan fingerprint density at radius 2 is 1.78 bits per heavy atom. The lowest BCUT2D eigenvalue weighted by Gasteiger charge is -2.22. The Kier molecular flexibility index (Phi) is 9.13. The van der Waals surface area contributed by atoms with Crippen molar-refractivity contribution in [3.63, 3.8) is 0 Å². The van der Waals surface area contributed by atoms with Crippen molar-refractivity contribution in [1.29, 1.82) is 0 Å². The number of hydrogen-bond acceptors (Lipinski definition) is 2. The van der Waals surface area contributed by atoms with Crippen LogP contribution in [0.15, 0.2) is 73.3 Å². The van der Waals surface area contributed by atoms with E-state index in [1.807, 2.05) is 5.01 Å². The summed E-state index contributed by atoms with van der Waals surface area (Å²) in [6, 6.07) is 21.7. The topological polar surface area (TPSA) is 29.3 Å². The van der Waals surface area contributed by atoms with Crippen LogP contribution in [0.3, 0.4) is 0 Å². The van der Waals surface area contributed by atoms with Crippen molar-refractivity contribution in [2.75, 3.05) is 11.6 Å². The SMILES string of the molecule is C=C(CCc1cccc2ccccc12)c1cc(/C=C\CCCCCC)ccc1N(N)CC. The van der Waals surface area contributed by atoms with Gasteiger partial charge in [0, 0.05) is 12.1 Å². The van der Waals surface area contributed by atoms with Gasteiger partial charge in [0.1, 0.15) is 0 Å². The number of allylic oxidation sites excluding steroid dienone is 2. The molecule has 3 aromatic rings. The zero-order valence-electron chi connectivity index (χ0n) is 19.8. The maximum atomic E-state index is 6.31. The Labute approximate surface area is 194 Å². The summed E-state index contributed by atoms with van der Waals surface area (Å²) in [6.45, 7) is 9.55. The number of rotatable bonds is 12. The molecular formula is C30H38N2. The molecule has 0 radical (unpaired) electrons. The minimum atomic E-state index is 0.760. The highest BCUT2D eigenvalue weighted by Crippen LogP contribution is 2.31. The molecule has 0 atom stereocenters. The molecule has 0 bridgehead atoms. The van der Waals surface area contributed by atoms with Crippen LogP contribution < -0.4 is 10.9 Å². The maximum absolute atomic E-state index is 6.31. The largest absolute Gasteiger partial charge is 0.311 e. The molecule has 3 rings (SSSR count). The lowest BCUT2D eigenvalue weighted by Crippen LogP contribution is -2.31. The number of hydrazine groups is 1. The second-order valence-corrected chi connectivity index (χ2v) is 8.56. The number of nitrogens with two attached hydrogens (primary N) is 1. The third-order valence-corrected chi connectivity index (χ3v) is 6.16. The first kappa shape index (κ1) is 23.8. The van der Waals surface area contributed by atoms with Crippen molar-refractivity contribution >= 4 is 28.1 Å². The summed E-state index contributed by atoms with van der Waals surface area (Å²) in [7, 11) is 0. The van der Waals surface area contributed by atoms with Crippen LogP contribution in [0, 0.1) is 0 Å². The molecule has 2 N–H and O–H groups in total. The van der Waals surface area contributed by atoms with E-state index in [0.29, 0.717) is 0 Å². The highest BCUT2D eigenvalue weighted by Gasteiger charge is 2.11. The number of aryl methyl sites for hydroxylation is 1. The first-order valence-electron chi connectivity index (χ1n) is 12.1. The summed E-state index contributed by atoms with van der Waals surface area (Å²) in [4.78, 5) is 0. The van der Waals surface area contributed by atoms with Crippen molar-refractivity contribution in [3.05, 3.63) is 90.0 Å². The zero-order valence-corrected chi connectivity index (χ0v) is 19.8. The molecule has 0 aliphatic carbocycles. The van der Waals surface area contributed by atoms with Crippen LogP contribution in [0.1, 0.15) is 69.1 Å².